The standard InChI is InChI=1S/C17H24N4O4S/c1-11-8-12(2)19-17(18-11)26-10-15(23)20(3)9-14(22)21-6-4-13(5-7-21)16(24)25/h8,13H,4-7,9-10H2,1-3H3,(H,24,25). The molecule has 2 rings (SSSR count). The summed E-state index contributed by atoms with van der Waals surface area (Å²) >= 11 is 1.25. The van der Waals surface area contributed by atoms with E-state index in [1.54, 1.807) is 11.9 Å². The molecule has 0 bridgehead atoms. The molecule has 2 heterocycles. The second-order valence-electron chi connectivity index (χ2n) is 6.47. The molecule has 0 aliphatic carbocycles. The number of thioether (sulfide) groups is 1. The molecule has 26 heavy (non-hydrogen) atoms. The zero-order valence-electron chi connectivity index (χ0n) is 15.3. The molecule has 1 aromatic heterocycles. The van der Waals surface area contributed by atoms with Crippen molar-refractivity contribution in [3.8, 4) is 0 Å². The average Bonchev–Trinajstić information content (AvgIpc) is 2.58. The van der Waals surface area contributed by atoms with Crippen molar-refractivity contribution in [2.45, 2.75) is 31.8 Å². The fourth-order valence-electron chi connectivity index (χ4n) is 2.76. The molecule has 1 aliphatic heterocycles. The molecule has 8 nitrogen and oxygen atoms in total. The molecule has 9 heteroatoms. The number of likely N-dealkylation sites (N-methyl/N-ethyl adjacent to an activating group) is 1. The van der Waals surface area contributed by atoms with E-state index in [1.807, 2.05) is 19.9 Å². The largest absolute Gasteiger partial charge is 0.481 e. The molecule has 0 radical (unpaired) electrons. The van der Waals surface area contributed by atoms with Crippen molar-refractivity contribution in [3.63, 3.8) is 0 Å². The molecule has 1 saturated heterocycles. The number of carbonyl (C=O) groups is 3. The summed E-state index contributed by atoms with van der Waals surface area (Å²) in [4.78, 5) is 47.1. The third kappa shape index (κ3) is 5.69. The van der Waals surface area contributed by atoms with Gasteiger partial charge in [0.15, 0.2) is 5.16 Å². The molecule has 0 aromatic carbocycles. The van der Waals surface area contributed by atoms with Gasteiger partial charge in [-0.3, -0.25) is 14.4 Å². The first-order valence-corrected chi connectivity index (χ1v) is 9.44. The zero-order valence-corrected chi connectivity index (χ0v) is 16.1. The average molecular weight is 380 g/mol. The first kappa shape index (κ1) is 20.2. The number of aliphatic carboxylic acids is 1. The van der Waals surface area contributed by atoms with Crippen molar-refractivity contribution in [2.24, 2.45) is 5.92 Å². The van der Waals surface area contributed by atoms with Crippen molar-refractivity contribution >= 4 is 29.5 Å². The Hall–Kier alpha value is -2.16. The van der Waals surface area contributed by atoms with Gasteiger partial charge in [0, 0.05) is 31.5 Å². The van der Waals surface area contributed by atoms with Crippen LogP contribution in [0.25, 0.3) is 0 Å². The predicted octanol–water partition coefficient (Wildman–Crippen LogP) is 0.967. The fraction of sp³-hybridized carbons (Fsp3) is 0.588. The molecular weight excluding hydrogens is 356 g/mol. The molecule has 0 spiro atoms. The van der Waals surface area contributed by atoms with Crippen LogP contribution < -0.4 is 0 Å². The lowest BCUT2D eigenvalue weighted by Crippen LogP contribution is -2.45. The lowest BCUT2D eigenvalue weighted by Gasteiger charge is -2.31. The summed E-state index contributed by atoms with van der Waals surface area (Å²) in [6.45, 7) is 4.58. The summed E-state index contributed by atoms with van der Waals surface area (Å²) in [7, 11) is 1.59. The second kappa shape index (κ2) is 8.98. The van der Waals surface area contributed by atoms with E-state index in [9.17, 15) is 14.4 Å². The quantitative estimate of drug-likeness (QED) is 0.579. The smallest absolute Gasteiger partial charge is 0.306 e. The summed E-state index contributed by atoms with van der Waals surface area (Å²) in [5.41, 5.74) is 1.70. The molecule has 0 unspecified atom stereocenters. The Kier molecular flexibility index (Phi) is 6.96. The maximum atomic E-state index is 12.3. The lowest BCUT2D eigenvalue weighted by molar-refractivity contribution is -0.146. The van der Waals surface area contributed by atoms with Crippen LogP contribution in [-0.4, -0.2) is 75.1 Å². The number of carboxylic acids is 1. The molecular formula is C17H24N4O4S. The second-order valence-corrected chi connectivity index (χ2v) is 7.41. The van der Waals surface area contributed by atoms with E-state index in [4.69, 9.17) is 5.11 Å². The predicted molar refractivity (Wildman–Crippen MR) is 96.8 cm³/mol. The van der Waals surface area contributed by atoms with Crippen molar-refractivity contribution in [1.29, 1.82) is 0 Å². The van der Waals surface area contributed by atoms with Gasteiger partial charge < -0.3 is 14.9 Å². The van der Waals surface area contributed by atoms with E-state index in [2.05, 4.69) is 9.97 Å². The van der Waals surface area contributed by atoms with Crippen LogP contribution in [0.5, 0.6) is 0 Å². The Labute approximate surface area is 157 Å². The lowest BCUT2D eigenvalue weighted by atomic mass is 9.97. The number of amides is 2. The van der Waals surface area contributed by atoms with Crippen molar-refractivity contribution in [3.05, 3.63) is 17.5 Å². The topological polar surface area (TPSA) is 104 Å². The summed E-state index contributed by atoms with van der Waals surface area (Å²) in [6, 6.07) is 1.87. The van der Waals surface area contributed by atoms with E-state index in [-0.39, 0.29) is 30.0 Å². The van der Waals surface area contributed by atoms with Crippen LogP contribution in [-0.2, 0) is 14.4 Å². The fourth-order valence-corrected chi connectivity index (χ4v) is 3.65. The third-order valence-corrected chi connectivity index (χ3v) is 5.11. The highest BCUT2D eigenvalue weighted by Gasteiger charge is 2.27. The maximum absolute atomic E-state index is 12.3. The molecule has 2 amide bonds. The van der Waals surface area contributed by atoms with Gasteiger partial charge in [0.05, 0.1) is 18.2 Å². The van der Waals surface area contributed by atoms with E-state index in [1.165, 1.54) is 16.7 Å². The molecule has 0 atom stereocenters. The number of likely N-dealkylation sites (tertiary alicyclic amines) is 1. The first-order valence-electron chi connectivity index (χ1n) is 8.46. The summed E-state index contributed by atoms with van der Waals surface area (Å²) in [6.07, 6.45) is 0.914. The monoisotopic (exact) mass is 380 g/mol. The van der Waals surface area contributed by atoms with Crippen LogP contribution >= 0.6 is 11.8 Å². The van der Waals surface area contributed by atoms with Gasteiger partial charge in [-0.15, -0.1) is 0 Å². The minimum Gasteiger partial charge on any atom is -0.481 e. The number of aromatic nitrogens is 2. The summed E-state index contributed by atoms with van der Waals surface area (Å²) < 4.78 is 0. The van der Waals surface area contributed by atoms with Crippen LogP contribution in [0.15, 0.2) is 11.2 Å². The number of aryl methyl sites for hydroxylation is 2. The van der Waals surface area contributed by atoms with E-state index >= 15 is 0 Å². The van der Waals surface area contributed by atoms with Crippen molar-refractivity contribution < 1.29 is 19.5 Å². The minimum absolute atomic E-state index is 0.00909. The number of rotatable bonds is 6. The van der Waals surface area contributed by atoms with Crippen LogP contribution in [0.3, 0.4) is 0 Å². The number of carbonyl (C=O) groups excluding carboxylic acids is 2. The van der Waals surface area contributed by atoms with E-state index in [0.717, 1.165) is 11.4 Å². The van der Waals surface area contributed by atoms with Crippen LogP contribution in [0.1, 0.15) is 24.2 Å². The number of piperidine rings is 1. The van der Waals surface area contributed by atoms with Gasteiger partial charge in [-0.1, -0.05) is 11.8 Å². The molecule has 1 aromatic rings. The van der Waals surface area contributed by atoms with Crippen LogP contribution in [0.4, 0.5) is 0 Å². The Morgan fingerprint density at radius 3 is 2.35 bits per heavy atom. The van der Waals surface area contributed by atoms with Gasteiger partial charge in [0.1, 0.15) is 0 Å². The number of hydrogen-bond acceptors (Lipinski definition) is 6. The number of nitrogens with zero attached hydrogens (tertiary/aromatic N) is 4. The van der Waals surface area contributed by atoms with Gasteiger partial charge in [0.2, 0.25) is 11.8 Å². The normalized spacial score (nSPS) is 15.0. The molecule has 142 valence electrons. The molecule has 0 saturated carbocycles. The number of hydrogen-bond donors (Lipinski definition) is 1. The Bertz CT molecular complexity index is 669. The van der Waals surface area contributed by atoms with Crippen molar-refractivity contribution in [2.75, 3.05) is 32.4 Å². The van der Waals surface area contributed by atoms with Crippen LogP contribution in [0, 0.1) is 19.8 Å². The van der Waals surface area contributed by atoms with Gasteiger partial charge in [-0.2, -0.15) is 0 Å². The first-order chi connectivity index (χ1) is 12.3. The highest BCUT2D eigenvalue weighted by atomic mass is 32.2. The summed E-state index contributed by atoms with van der Waals surface area (Å²) in [5, 5.41) is 9.55. The van der Waals surface area contributed by atoms with Crippen LogP contribution in [0.2, 0.25) is 0 Å². The maximum Gasteiger partial charge on any atom is 0.306 e. The van der Waals surface area contributed by atoms with Crippen molar-refractivity contribution in [1.82, 2.24) is 19.8 Å². The highest BCUT2D eigenvalue weighted by Crippen LogP contribution is 2.18. The molecule has 1 aliphatic rings. The highest BCUT2D eigenvalue weighted by molar-refractivity contribution is 7.99. The van der Waals surface area contributed by atoms with Gasteiger partial charge in [-0.05, 0) is 32.8 Å². The van der Waals surface area contributed by atoms with E-state index in [0.29, 0.717) is 31.1 Å². The Morgan fingerprint density at radius 2 is 1.81 bits per heavy atom. The van der Waals surface area contributed by atoms with Gasteiger partial charge in [-0.25, -0.2) is 9.97 Å². The number of carboxylic acid groups (broad SMARTS) is 1. The van der Waals surface area contributed by atoms with E-state index < -0.39 is 5.97 Å². The van der Waals surface area contributed by atoms with Gasteiger partial charge >= 0.3 is 5.97 Å². The summed E-state index contributed by atoms with van der Waals surface area (Å²) in [5.74, 6) is -1.36. The Balaban J connectivity index is 1.79. The molecule has 1 fully saturated rings. The Morgan fingerprint density at radius 1 is 1.23 bits per heavy atom. The van der Waals surface area contributed by atoms with Gasteiger partial charge in [0.25, 0.3) is 0 Å². The molecule has 1 N–H and O–H groups in total. The minimum atomic E-state index is -0.810. The SMILES string of the molecule is Cc1cc(C)nc(SCC(=O)N(C)CC(=O)N2CCC(C(=O)O)CC2)n1. The zero-order chi connectivity index (χ0) is 19.3. The third-order valence-electron chi connectivity index (χ3n) is 4.28.